The molecule has 0 bridgehead atoms. The first-order valence-electron chi connectivity index (χ1n) is 3.15. The van der Waals surface area contributed by atoms with E-state index in [1.807, 2.05) is 11.8 Å². The SMILES string of the molecule is CSCCC1SCCS1. The smallest absolute Gasteiger partial charge is 0.0510 e. The van der Waals surface area contributed by atoms with Gasteiger partial charge in [0.05, 0.1) is 4.58 Å². The van der Waals surface area contributed by atoms with E-state index in [2.05, 4.69) is 29.8 Å². The molecule has 0 spiro atoms. The molecule has 0 aromatic rings. The highest BCUT2D eigenvalue weighted by Crippen LogP contribution is 2.34. The Balaban J connectivity index is 1.98. The monoisotopic (exact) mass is 180 g/mol. The minimum Gasteiger partial charge on any atom is -0.165 e. The second kappa shape index (κ2) is 4.80. The Hall–Kier alpha value is 1.05. The van der Waals surface area contributed by atoms with E-state index in [9.17, 15) is 0 Å². The number of thioether (sulfide) groups is 3. The summed E-state index contributed by atoms with van der Waals surface area (Å²) in [5.74, 6) is 4.10. The maximum absolute atomic E-state index is 2.18. The highest BCUT2D eigenvalue weighted by Gasteiger charge is 2.14. The summed E-state index contributed by atoms with van der Waals surface area (Å²) >= 11 is 6.23. The van der Waals surface area contributed by atoms with E-state index in [0.717, 1.165) is 4.58 Å². The Bertz CT molecular complexity index is 68.7. The zero-order chi connectivity index (χ0) is 6.53. The van der Waals surface area contributed by atoms with Crippen LogP contribution < -0.4 is 0 Å². The van der Waals surface area contributed by atoms with E-state index in [0.29, 0.717) is 0 Å². The van der Waals surface area contributed by atoms with Crippen LogP contribution in [0, 0.1) is 0 Å². The molecule has 0 aliphatic carbocycles. The molecule has 0 radical (unpaired) electrons. The number of rotatable bonds is 3. The van der Waals surface area contributed by atoms with Gasteiger partial charge in [0.2, 0.25) is 0 Å². The Kier molecular flexibility index (Phi) is 4.35. The maximum atomic E-state index is 2.18. The van der Waals surface area contributed by atoms with Gasteiger partial charge in [0, 0.05) is 11.5 Å². The lowest BCUT2D eigenvalue weighted by molar-refractivity contribution is 1.08. The van der Waals surface area contributed by atoms with Gasteiger partial charge in [-0.25, -0.2) is 0 Å². The average Bonchev–Trinajstić information content (AvgIpc) is 2.34. The van der Waals surface area contributed by atoms with Crippen LogP contribution in [0.25, 0.3) is 0 Å². The molecular formula is C6H12S3. The van der Waals surface area contributed by atoms with Gasteiger partial charge < -0.3 is 0 Å². The second-order valence-electron chi connectivity index (χ2n) is 1.95. The van der Waals surface area contributed by atoms with Gasteiger partial charge in [-0.1, -0.05) is 0 Å². The summed E-state index contributed by atoms with van der Waals surface area (Å²) in [5.41, 5.74) is 0. The van der Waals surface area contributed by atoms with Gasteiger partial charge in [0.25, 0.3) is 0 Å². The van der Waals surface area contributed by atoms with Crippen LogP contribution in [0.1, 0.15) is 6.42 Å². The molecule has 9 heavy (non-hydrogen) atoms. The summed E-state index contributed by atoms with van der Waals surface area (Å²) in [6, 6.07) is 0. The Morgan fingerprint density at radius 1 is 1.44 bits per heavy atom. The van der Waals surface area contributed by atoms with Gasteiger partial charge in [-0.3, -0.25) is 0 Å². The molecule has 0 unspecified atom stereocenters. The van der Waals surface area contributed by atoms with Gasteiger partial charge >= 0.3 is 0 Å². The third kappa shape index (κ3) is 3.10. The van der Waals surface area contributed by atoms with Crippen LogP contribution in [0.4, 0.5) is 0 Å². The first kappa shape index (κ1) is 8.15. The van der Waals surface area contributed by atoms with E-state index in [1.54, 1.807) is 0 Å². The van der Waals surface area contributed by atoms with Gasteiger partial charge in [-0.2, -0.15) is 11.8 Å². The van der Waals surface area contributed by atoms with Crippen molar-refractivity contribution in [3.63, 3.8) is 0 Å². The molecular weight excluding hydrogens is 168 g/mol. The molecule has 0 saturated carbocycles. The topological polar surface area (TPSA) is 0 Å². The molecule has 1 aliphatic heterocycles. The molecule has 1 heterocycles. The number of hydrogen-bond donors (Lipinski definition) is 0. The van der Waals surface area contributed by atoms with E-state index in [1.165, 1.54) is 23.7 Å². The van der Waals surface area contributed by atoms with Crippen molar-refractivity contribution >= 4 is 35.3 Å². The molecule has 1 saturated heterocycles. The third-order valence-corrected chi connectivity index (χ3v) is 5.06. The average molecular weight is 180 g/mol. The molecule has 0 N–H and O–H groups in total. The summed E-state index contributed by atoms with van der Waals surface area (Å²) in [4.78, 5) is 0. The molecule has 0 atom stereocenters. The van der Waals surface area contributed by atoms with Gasteiger partial charge in [0.15, 0.2) is 0 Å². The fraction of sp³-hybridized carbons (Fsp3) is 1.00. The zero-order valence-electron chi connectivity index (χ0n) is 5.63. The standard InChI is InChI=1S/C6H12S3/c1-7-3-2-6-8-4-5-9-6/h6H,2-5H2,1H3. The minimum atomic E-state index is 0.928. The fourth-order valence-corrected chi connectivity index (χ4v) is 4.38. The lowest BCUT2D eigenvalue weighted by atomic mass is 10.6. The van der Waals surface area contributed by atoms with Crippen molar-refractivity contribution in [3.05, 3.63) is 0 Å². The first-order valence-corrected chi connectivity index (χ1v) is 6.65. The molecule has 0 amide bonds. The Morgan fingerprint density at radius 3 is 2.67 bits per heavy atom. The zero-order valence-corrected chi connectivity index (χ0v) is 8.08. The van der Waals surface area contributed by atoms with Crippen LogP contribution >= 0.6 is 35.3 Å². The fourth-order valence-electron chi connectivity index (χ4n) is 0.788. The van der Waals surface area contributed by atoms with Crippen LogP contribution in [0.5, 0.6) is 0 Å². The summed E-state index contributed by atoms with van der Waals surface area (Å²) in [5, 5.41) is 0. The third-order valence-electron chi connectivity index (χ3n) is 1.25. The summed E-state index contributed by atoms with van der Waals surface area (Å²) in [6.45, 7) is 0. The highest BCUT2D eigenvalue weighted by atomic mass is 32.2. The van der Waals surface area contributed by atoms with Crippen LogP contribution in [0.2, 0.25) is 0 Å². The van der Waals surface area contributed by atoms with Crippen molar-refractivity contribution in [2.24, 2.45) is 0 Å². The predicted octanol–water partition coefficient (Wildman–Crippen LogP) is 2.55. The molecule has 1 rings (SSSR count). The van der Waals surface area contributed by atoms with Gasteiger partial charge in [-0.05, 0) is 18.4 Å². The molecule has 1 fully saturated rings. The molecule has 0 nitrogen and oxygen atoms in total. The maximum Gasteiger partial charge on any atom is 0.0510 e. The predicted molar refractivity (Wildman–Crippen MR) is 51.7 cm³/mol. The summed E-state index contributed by atoms with van der Waals surface area (Å²) in [7, 11) is 0. The van der Waals surface area contributed by atoms with Crippen LogP contribution in [-0.4, -0.2) is 28.1 Å². The van der Waals surface area contributed by atoms with Crippen LogP contribution in [-0.2, 0) is 0 Å². The highest BCUT2D eigenvalue weighted by molar-refractivity contribution is 8.20. The summed E-state index contributed by atoms with van der Waals surface area (Å²) < 4.78 is 0.928. The van der Waals surface area contributed by atoms with Crippen LogP contribution in [0.15, 0.2) is 0 Å². The number of hydrogen-bond acceptors (Lipinski definition) is 3. The van der Waals surface area contributed by atoms with Gasteiger partial charge in [0.1, 0.15) is 0 Å². The minimum absolute atomic E-state index is 0.928. The Morgan fingerprint density at radius 2 is 2.11 bits per heavy atom. The van der Waals surface area contributed by atoms with Crippen molar-refractivity contribution < 1.29 is 0 Å². The molecule has 0 aromatic heterocycles. The summed E-state index contributed by atoms with van der Waals surface area (Å²) in [6.07, 6.45) is 3.58. The van der Waals surface area contributed by atoms with Crippen molar-refractivity contribution in [1.29, 1.82) is 0 Å². The van der Waals surface area contributed by atoms with E-state index < -0.39 is 0 Å². The molecule has 1 aliphatic rings. The Labute approximate surface area is 69.9 Å². The molecule has 54 valence electrons. The van der Waals surface area contributed by atoms with Crippen LogP contribution in [0.3, 0.4) is 0 Å². The first-order chi connectivity index (χ1) is 4.43. The largest absolute Gasteiger partial charge is 0.165 e. The van der Waals surface area contributed by atoms with E-state index in [4.69, 9.17) is 0 Å². The van der Waals surface area contributed by atoms with Crippen molar-refractivity contribution in [1.82, 2.24) is 0 Å². The normalized spacial score (nSPS) is 21.0. The molecule has 3 heteroatoms. The van der Waals surface area contributed by atoms with Gasteiger partial charge in [-0.15, -0.1) is 23.5 Å². The lowest BCUT2D eigenvalue weighted by Crippen LogP contribution is -1.92. The van der Waals surface area contributed by atoms with Crippen molar-refractivity contribution in [2.45, 2.75) is 11.0 Å². The van der Waals surface area contributed by atoms with E-state index in [-0.39, 0.29) is 0 Å². The second-order valence-corrected chi connectivity index (χ2v) is 5.86. The lowest BCUT2D eigenvalue weighted by Gasteiger charge is -2.03. The quantitative estimate of drug-likeness (QED) is 0.655. The molecule has 0 aromatic carbocycles. The van der Waals surface area contributed by atoms with E-state index >= 15 is 0 Å². The van der Waals surface area contributed by atoms with Crippen molar-refractivity contribution in [2.75, 3.05) is 23.5 Å². The van der Waals surface area contributed by atoms with Crippen molar-refractivity contribution in [3.8, 4) is 0 Å².